The second-order valence-corrected chi connectivity index (χ2v) is 5.89. The molecular formula is C17H25NO2. The van der Waals surface area contributed by atoms with Gasteiger partial charge in [-0.15, -0.1) is 0 Å². The van der Waals surface area contributed by atoms with Crippen molar-refractivity contribution in [1.29, 1.82) is 0 Å². The zero-order chi connectivity index (χ0) is 14.6. The molecule has 0 amide bonds. The van der Waals surface area contributed by atoms with Gasteiger partial charge in [0.2, 0.25) is 0 Å². The monoisotopic (exact) mass is 275 g/mol. The number of carboxylic acid groups (broad SMARTS) is 1. The number of aliphatic carboxylic acids is 1. The van der Waals surface area contributed by atoms with E-state index < -0.39 is 11.4 Å². The van der Waals surface area contributed by atoms with Crippen molar-refractivity contribution in [1.82, 2.24) is 4.90 Å². The predicted molar refractivity (Wildman–Crippen MR) is 80.7 cm³/mol. The lowest BCUT2D eigenvalue weighted by atomic mass is 9.76. The van der Waals surface area contributed by atoms with Crippen molar-refractivity contribution in [2.45, 2.75) is 46.1 Å². The van der Waals surface area contributed by atoms with Crippen molar-refractivity contribution in [3.63, 3.8) is 0 Å². The van der Waals surface area contributed by atoms with Crippen LogP contribution in [0.2, 0.25) is 0 Å². The molecule has 0 radical (unpaired) electrons. The topological polar surface area (TPSA) is 40.5 Å². The average Bonchev–Trinajstić information content (AvgIpc) is 2.49. The maximum absolute atomic E-state index is 11.4. The van der Waals surface area contributed by atoms with Crippen LogP contribution in [0.5, 0.6) is 0 Å². The van der Waals surface area contributed by atoms with Crippen LogP contribution in [0.1, 0.15) is 44.2 Å². The van der Waals surface area contributed by atoms with Crippen molar-refractivity contribution in [3.05, 3.63) is 35.4 Å². The molecule has 0 spiro atoms. The molecule has 1 aromatic carbocycles. The number of benzene rings is 1. The summed E-state index contributed by atoms with van der Waals surface area (Å²) in [5, 5.41) is 9.40. The Hall–Kier alpha value is -1.35. The minimum atomic E-state index is -0.619. The van der Waals surface area contributed by atoms with Crippen molar-refractivity contribution in [3.8, 4) is 0 Å². The predicted octanol–water partition coefficient (Wildman–Crippen LogP) is 3.33. The van der Waals surface area contributed by atoms with Crippen molar-refractivity contribution < 1.29 is 9.90 Å². The van der Waals surface area contributed by atoms with E-state index in [1.54, 1.807) is 0 Å². The number of aryl methyl sites for hydroxylation is 1. The molecule has 3 heteroatoms. The molecule has 1 aliphatic heterocycles. The Balaban J connectivity index is 1.92. The van der Waals surface area contributed by atoms with Crippen molar-refractivity contribution >= 4 is 5.97 Å². The summed E-state index contributed by atoms with van der Waals surface area (Å²) in [5.41, 5.74) is 2.20. The summed E-state index contributed by atoms with van der Waals surface area (Å²) in [6.45, 7) is 6.86. The Bertz CT molecular complexity index is 445. The molecule has 0 atom stereocenters. The number of nitrogens with zero attached hydrogens (tertiary/aromatic N) is 1. The average molecular weight is 275 g/mol. The summed E-state index contributed by atoms with van der Waals surface area (Å²) >= 11 is 0. The maximum Gasteiger partial charge on any atom is 0.309 e. The van der Waals surface area contributed by atoms with E-state index in [-0.39, 0.29) is 0 Å². The Labute approximate surface area is 121 Å². The third-order valence-electron chi connectivity index (χ3n) is 4.78. The molecular weight excluding hydrogens is 250 g/mol. The molecule has 0 aromatic heterocycles. The minimum Gasteiger partial charge on any atom is -0.481 e. The number of hydrogen-bond acceptors (Lipinski definition) is 2. The summed E-state index contributed by atoms with van der Waals surface area (Å²) in [6.07, 6.45) is 3.35. The Morgan fingerprint density at radius 1 is 1.15 bits per heavy atom. The number of rotatable bonds is 5. The Morgan fingerprint density at radius 2 is 1.70 bits per heavy atom. The van der Waals surface area contributed by atoms with Gasteiger partial charge in [-0.3, -0.25) is 9.69 Å². The molecule has 0 unspecified atom stereocenters. The zero-order valence-electron chi connectivity index (χ0n) is 12.6. The summed E-state index contributed by atoms with van der Waals surface area (Å²) in [7, 11) is 0. The highest BCUT2D eigenvalue weighted by molar-refractivity contribution is 5.74. The molecule has 0 saturated carbocycles. The standard InChI is InChI=1S/C17H25NO2/c1-3-14-5-7-15(8-6-14)13-18-11-9-17(4-2,10-12-18)16(19)20/h5-8H,3-4,9-13H2,1-2H3,(H,19,20). The molecule has 110 valence electrons. The van der Waals surface area contributed by atoms with E-state index in [1.807, 2.05) is 6.92 Å². The van der Waals surface area contributed by atoms with E-state index in [9.17, 15) is 9.90 Å². The Morgan fingerprint density at radius 3 is 2.15 bits per heavy atom. The molecule has 1 aromatic rings. The molecule has 1 heterocycles. The fourth-order valence-electron chi connectivity index (χ4n) is 3.00. The molecule has 1 saturated heterocycles. The van der Waals surface area contributed by atoms with Gasteiger partial charge in [-0.1, -0.05) is 38.1 Å². The van der Waals surface area contributed by atoms with Crippen LogP contribution in [0.25, 0.3) is 0 Å². The lowest BCUT2D eigenvalue weighted by molar-refractivity contribution is -0.152. The first-order valence-corrected chi connectivity index (χ1v) is 7.63. The number of hydrogen-bond donors (Lipinski definition) is 1. The maximum atomic E-state index is 11.4. The van der Waals surface area contributed by atoms with Gasteiger partial charge in [0.05, 0.1) is 5.41 Å². The van der Waals surface area contributed by atoms with Gasteiger partial charge in [-0.2, -0.15) is 0 Å². The van der Waals surface area contributed by atoms with Gasteiger partial charge in [0.25, 0.3) is 0 Å². The van der Waals surface area contributed by atoms with Crippen LogP contribution in [-0.2, 0) is 17.8 Å². The fraction of sp³-hybridized carbons (Fsp3) is 0.588. The van der Waals surface area contributed by atoms with Crippen LogP contribution in [0.3, 0.4) is 0 Å². The smallest absolute Gasteiger partial charge is 0.309 e. The minimum absolute atomic E-state index is 0.484. The van der Waals surface area contributed by atoms with Crippen LogP contribution in [-0.4, -0.2) is 29.1 Å². The first-order valence-electron chi connectivity index (χ1n) is 7.63. The lowest BCUT2D eigenvalue weighted by Crippen LogP contribution is -2.43. The molecule has 3 nitrogen and oxygen atoms in total. The largest absolute Gasteiger partial charge is 0.481 e. The third kappa shape index (κ3) is 3.21. The summed E-state index contributed by atoms with van der Waals surface area (Å²) in [6, 6.07) is 8.76. The highest BCUT2D eigenvalue weighted by Gasteiger charge is 2.39. The van der Waals surface area contributed by atoms with Crippen molar-refractivity contribution in [2.75, 3.05) is 13.1 Å². The van der Waals surface area contributed by atoms with Gasteiger partial charge in [-0.25, -0.2) is 0 Å². The molecule has 1 fully saturated rings. The SMILES string of the molecule is CCc1ccc(CN2CCC(CC)(C(=O)O)CC2)cc1. The number of piperidine rings is 1. The van der Waals surface area contributed by atoms with Gasteiger partial charge >= 0.3 is 5.97 Å². The molecule has 0 aliphatic carbocycles. The normalized spacial score (nSPS) is 18.9. The van der Waals surface area contributed by atoms with Crippen LogP contribution < -0.4 is 0 Å². The van der Waals surface area contributed by atoms with Gasteiger partial charge in [0.1, 0.15) is 0 Å². The molecule has 2 rings (SSSR count). The van der Waals surface area contributed by atoms with Gasteiger partial charge in [-0.05, 0) is 49.9 Å². The molecule has 1 aliphatic rings. The van der Waals surface area contributed by atoms with E-state index in [2.05, 4.69) is 36.1 Å². The zero-order valence-corrected chi connectivity index (χ0v) is 12.6. The van der Waals surface area contributed by atoms with Crippen molar-refractivity contribution in [2.24, 2.45) is 5.41 Å². The molecule has 0 bridgehead atoms. The van der Waals surface area contributed by atoms with Gasteiger partial charge in [0, 0.05) is 6.54 Å². The highest BCUT2D eigenvalue weighted by Crippen LogP contribution is 2.35. The van der Waals surface area contributed by atoms with Crippen LogP contribution in [0.15, 0.2) is 24.3 Å². The second-order valence-electron chi connectivity index (χ2n) is 5.89. The van der Waals surface area contributed by atoms with E-state index in [0.717, 1.165) is 45.3 Å². The first kappa shape index (κ1) is 15.0. The van der Waals surface area contributed by atoms with E-state index >= 15 is 0 Å². The van der Waals surface area contributed by atoms with Gasteiger partial charge < -0.3 is 5.11 Å². The Kier molecular flexibility index (Phi) is 4.81. The fourth-order valence-corrected chi connectivity index (χ4v) is 3.00. The number of carbonyl (C=O) groups is 1. The summed E-state index contributed by atoms with van der Waals surface area (Å²) in [4.78, 5) is 13.8. The van der Waals surface area contributed by atoms with Crippen LogP contribution in [0.4, 0.5) is 0 Å². The van der Waals surface area contributed by atoms with E-state index in [4.69, 9.17) is 0 Å². The number of likely N-dealkylation sites (tertiary alicyclic amines) is 1. The quantitative estimate of drug-likeness (QED) is 0.896. The van der Waals surface area contributed by atoms with Gasteiger partial charge in [0.15, 0.2) is 0 Å². The molecule has 20 heavy (non-hydrogen) atoms. The van der Waals surface area contributed by atoms with Crippen LogP contribution >= 0.6 is 0 Å². The molecule has 1 N–H and O–H groups in total. The first-order chi connectivity index (χ1) is 9.59. The lowest BCUT2D eigenvalue weighted by Gasteiger charge is -2.38. The van der Waals surface area contributed by atoms with E-state index in [1.165, 1.54) is 11.1 Å². The van der Waals surface area contributed by atoms with E-state index in [0.29, 0.717) is 0 Å². The summed E-state index contributed by atoms with van der Waals surface area (Å²) < 4.78 is 0. The number of carboxylic acids is 1. The second kappa shape index (κ2) is 6.40. The van der Waals surface area contributed by atoms with Crippen LogP contribution in [0, 0.1) is 5.41 Å². The third-order valence-corrected chi connectivity index (χ3v) is 4.78. The highest BCUT2D eigenvalue weighted by atomic mass is 16.4. The summed E-state index contributed by atoms with van der Waals surface area (Å²) in [5.74, 6) is -0.619.